The predicted molar refractivity (Wildman–Crippen MR) is 96.4 cm³/mol. The number of rotatable bonds is 13. The Labute approximate surface area is 152 Å². The Bertz CT molecular complexity index is 572. The fourth-order valence-electron chi connectivity index (χ4n) is 2.31. The van der Waals surface area contributed by atoms with E-state index in [1.54, 1.807) is 24.3 Å². The number of benzene rings is 1. The fraction of sp³-hybridized carbons (Fsp3) is 0.500. The van der Waals surface area contributed by atoms with Gasteiger partial charge in [0.2, 0.25) is 5.91 Å². The van der Waals surface area contributed by atoms with Gasteiger partial charge in [0.05, 0.1) is 26.2 Å². The number of carboxylic acid groups (broad SMARTS) is 2. The van der Waals surface area contributed by atoms with Crippen LogP contribution in [-0.4, -0.2) is 59.2 Å². The first-order valence-corrected chi connectivity index (χ1v) is 8.59. The molecule has 1 rings (SSSR count). The van der Waals surface area contributed by atoms with Crippen molar-refractivity contribution < 1.29 is 29.3 Å². The highest BCUT2D eigenvalue weighted by Gasteiger charge is 2.17. The van der Waals surface area contributed by atoms with E-state index in [1.807, 2.05) is 0 Å². The molecule has 1 aromatic rings. The maximum absolute atomic E-state index is 12.0. The van der Waals surface area contributed by atoms with E-state index in [0.29, 0.717) is 18.0 Å². The van der Waals surface area contributed by atoms with Gasteiger partial charge in [0, 0.05) is 5.69 Å². The molecule has 0 aromatic heterocycles. The fourth-order valence-corrected chi connectivity index (χ4v) is 2.31. The molecular weight excluding hydrogens is 340 g/mol. The number of nitrogens with zero attached hydrogens (tertiary/aromatic N) is 1. The van der Waals surface area contributed by atoms with E-state index in [2.05, 4.69) is 12.2 Å². The lowest BCUT2D eigenvalue weighted by Crippen LogP contribution is -2.40. The second-order valence-corrected chi connectivity index (χ2v) is 5.91. The van der Waals surface area contributed by atoms with Crippen LogP contribution in [0.4, 0.5) is 5.69 Å². The topological polar surface area (TPSA) is 116 Å². The second-order valence-electron chi connectivity index (χ2n) is 5.91. The molecule has 26 heavy (non-hydrogen) atoms. The number of ether oxygens (including phenoxy) is 1. The maximum Gasteiger partial charge on any atom is 0.317 e. The molecule has 144 valence electrons. The van der Waals surface area contributed by atoms with Crippen molar-refractivity contribution in [1.29, 1.82) is 0 Å². The third-order valence-corrected chi connectivity index (χ3v) is 3.49. The molecule has 1 aromatic carbocycles. The van der Waals surface area contributed by atoms with E-state index >= 15 is 0 Å². The molecule has 0 unspecified atom stereocenters. The summed E-state index contributed by atoms with van der Waals surface area (Å²) in [6.07, 6.45) is 4.49. The van der Waals surface area contributed by atoms with Crippen molar-refractivity contribution in [1.82, 2.24) is 4.90 Å². The summed E-state index contributed by atoms with van der Waals surface area (Å²) in [6, 6.07) is 6.83. The number of carbonyl (C=O) groups excluding carboxylic acids is 1. The third-order valence-electron chi connectivity index (χ3n) is 3.49. The first-order chi connectivity index (χ1) is 12.4. The van der Waals surface area contributed by atoms with E-state index in [9.17, 15) is 14.4 Å². The molecule has 0 aliphatic carbocycles. The third kappa shape index (κ3) is 9.63. The molecule has 0 spiro atoms. The van der Waals surface area contributed by atoms with Crippen molar-refractivity contribution in [3.63, 3.8) is 0 Å². The summed E-state index contributed by atoms with van der Waals surface area (Å²) in [4.78, 5) is 34.5. The molecule has 0 aliphatic rings. The second kappa shape index (κ2) is 11.9. The molecule has 0 atom stereocenters. The highest BCUT2D eigenvalue weighted by Crippen LogP contribution is 2.16. The first-order valence-electron chi connectivity index (χ1n) is 8.59. The zero-order chi connectivity index (χ0) is 19.4. The molecule has 8 heteroatoms. The summed E-state index contributed by atoms with van der Waals surface area (Å²) in [5.41, 5.74) is 0.527. The van der Waals surface area contributed by atoms with Gasteiger partial charge < -0.3 is 20.3 Å². The Morgan fingerprint density at radius 3 is 2.12 bits per heavy atom. The van der Waals surface area contributed by atoms with Crippen LogP contribution in [0.3, 0.4) is 0 Å². The summed E-state index contributed by atoms with van der Waals surface area (Å²) in [5.74, 6) is -2.17. The van der Waals surface area contributed by atoms with Gasteiger partial charge in [0.15, 0.2) is 0 Å². The summed E-state index contributed by atoms with van der Waals surface area (Å²) < 4.78 is 5.61. The quantitative estimate of drug-likeness (QED) is 0.458. The van der Waals surface area contributed by atoms with Crippen molar-refractivity contribution in [2.45, 2.75) is 32.6 Å². The average Bonchev–Trinajstić information content (AvgIpc) is 2.54. The van der Waals surface area contributed by atoms with Gasteiger partial charge in [-0.25, -0.2) is 0 Å². The largest absolute Gasteiger partial charge is 0.494 e. The molecule has 0 saturated carbocycles. The highest BCUT2D eigenvalue weighted by molar-refractivity contribution is 5.92. The maximum atomic E-state index is 12.0. The number of carbonyl (C=O) groups is 3. The molecule has 1 amide bonds. The smallest absolute Gasteiger partial charge is 0.317 e. The van der Waals surface area contributed by atoms with Crippen LogP contribution in [0.25, 0.3) is 0 Å². The SMILES string of the molecule is CCCCCCOc1ccc(NC(=O)CN(CC(=O)O)CC(=O)O)cc1. The van der Waals surface area contributed by atoms with Gasteiger partial charge in [-0.2, -0.15) is 0 Å². The zero-order valence-corrected chi connectivity index (χ0v) is 14.9. The number of aliphatic carboxylic acids is 2. The van der Waals surface area contributed by atoms with Gasteiger partial charge in [0.25, 0.3) is 0 Å². The molecule has 0 bridgehead atoms. The molecular formula is C18H26N2O6. The van der Waals surface area contributed by atoms with Gasteiger partial charge in [-0.1, -0.05) is 26.2 Å². The lowest BCUT2D eigenvalue weighted by atomic mass is 10.2. The number of hydrogen-bond acceptors (Lipinski definition) is 5. The van der Waals surface area contributed by atoms with Crippen LogP contribution in [0.2, 0.25) is 0 Å². The summed E-state index contributed by atoms with van der Waals surface area (Å²) in [6.45, 7) is 1.42. The summed E-state index contributed by atoms with van der Waals surface area (Å²) in [7, 11) is 0. The van der Waals surface area contributed by atoms with Gasteiger partial charge in [-0.3, -0.25) is 19.3 Å². The van der Waals surface area contributed by atoms with Crippen molar-refractivity contribution in [2.75, 3.05) is 31.6 Å². The minimum Gasteiger partial charge on any atom is -0.494 e. The molecule has 0 saturated heterocycles. The number of carboxylic acids is 2. The number of hydrogen-bond donors (Lipinski definition) is 3. The summed E-state index contributed by atoms with van der Waals surface area (Å²) >= 11 is 0. The number of amides is 1. The van der Waals surface area contributed by atoms with Gasteiger partial charge in [-0.15, -0.1) is 0 Å². The monoisotopic (exact) mass is 366 g/mol. The van der Waals surface area contributed by atoms with Crippen LogP contribution in [0.15, 0.2) is 24.3 Å². The van der Waals surface area contributed by atoms with Gasteiger partial charge in [0.1, 0.15) is 5.75 Å². The van der Waals surface area contributed by atoms with E-state index in [4.69, 9.17) is 14.9 Å². The van der Waals surface area contributed by atoms with Gasteiger partial charge >= 0.3 is 11.9 Å². The lowest BCUT2D eigenvalue weighted by molar-refractivity contribution is -0.142. The van der Waals surface area contributed by atoms with Crippen molar-refractivity contribution in [3.05, 3.63) is 24.3 Å². The first kappa shape index (κ1) is 21.4. The molecule has 0 aliphatic heterocycles. The molecule has 0 heterocycles. The number of nitrogens with one attached hydrogen (secondary N) is 1. The Morgan fingerprint density at radius 1 is 0.962 bits per heavy atom. The predicted octanol–water partition coefficient (Wildman–Crippen LogP) is 2.06. The van der Waals surface area contributed by atoms with Gasteiger partial charge in [-0.05, 0) is 30.7 Å². The van der Waals surface area contributed by atoms with E-state index in [1.165, 1.54) is 12.8 Å². The van der Waals surface area contributed by atoms with Crippen LogP contribution in [0.1, 0.15) is 32.6 Å². The minimum atomic E-state index is -1.19. The van der Waals surface area contributed by atoms with Crippen LogP contribution in [0.5, 0.6) is 5.75 Å². The summed E-state index contributed by atoms with van der Waals surface area (Å²) in [5, 5.41) is 20.1. The Hall–Kier alpha value is -2.61. The Morgan fingerprint density at radius 2 is 1.58 bits per heavy atom. The van der Waals surface area contributed by atoms with E-state index < -0.39 is 30.9 Å². The van der Waals surface area contributed by atoms with Crippen molar-refractivity contribution in [2.24, 2.45) is 0 Å². The Balaban J connectivity index is 2.45. The average molecular weight is 366 g/mol. The van der Waals surface area contributed by atoms with Crippen LogP contribution in [-0.2, 0) is 14.4 Å². The number of anilines is 1. The van der Waals surface area contributed by atoms with Crippen LogP contribution < -0.4 is 10.1 Å². The lowest BCUT2D eigenvalue weighted by Gasteiger charge is -2.17. The van der Waals surface area contributed by atoms with Crippen molar-refractivity contribution in [3.8, 4) is 5.75 Å². The normalized spacial score (nSPS) is 10.5. The van der Waals surface area contributed by atoms with E-state index in [0.717, 1.165) is 17.7 Å². The molecule has 0 fully saturated rings. The van der Waals surface area contributed by atoms with Crippen LogP contribution in [0, 0.1) is 0 Å². The van der Waals surface area contributed by atoms with Crippen molar-refractivity contribution >= 4 is 23.5 Å². The minimum absolute atomic E-state index is 0.325. The molecule has 3 N–H and O–H groups in total. The molecule has 0 radical (unpaired) electrons. The van der Waals surface area contributed by atoms with Crippen LogP contribution >= 0.6 is 0 Å². The highest BCUT2D eigenvalue weighted by atomic mass is 16.5. The standard InChI is InChI=1S/C18H26N2O6/c1-2-3-4-5-10-26-15-8-6-14(7-9-15)19-16(21)11-20(12-17(22)23)13-18(24)25/h6-9H,2-5,10-13H2,1H3,(H,19,21)(H,22,23)(H,24,25). The molecule has 8 nitrogen and oxygen atoms in total. The number of unbranched alkanes of at least 4 members (excludes halogenated alkanes) is 3. The Kier molecular flexibility index (Phi) is 9.78. The zero-order valence-electron chi connectivity index (χ0n) is 14.9. The van der Waals surface area contributed by atoms with E-state index in [-0.39, 0.29) is 6.54 Å².